The number of nitrogens with zero attached hydrogens (tertiary/aromatic N) is 1. The summed E-state index contributed by atoms with van der Waals surface area (Å²) in [5.74, 6) is 2.12. The lowest BCUT2D eigenvalue weighted by Gasteiger charge is -2.03. The number of oxazole rings is 1. The number of hydrogen-bond acceptors (Lipinski definition) is 3. The van der Waals surface area contributed by atoms with Crippen molar-refractivity contribution in [3.8, 4) is 17.0 Å². The van der Waals surface area contributed by atoms with Crippen LogP contribution in [-0.2, 0) is 0 Å². The monoisotopic (exact) mass is 217 g/mol. The second-order valence-corrected chi connectivity index (χ2v) is 4.15. The second-order valence-electron chi connectivity index (χ2n) is 4.15. The number of benzene rings is 1. The van der Waals surface area contributed by atoms with Crippen molar-refractivity contribution in [2.24, 2.45) is 0 Å². The molecule has 0 aliphatic carbocycles. The molecular weight excluding hydrogens is 202 g/mol. The first-order chi connectivity index (χ1) is 7.58. The summed E-state index contributed by atoms with van der Waals surface area (Å²) >= 11 is 0. The third kappa shape index (κ3) is 1.94. The van der Waals surface area contributed by atoms with Gasteiger partial charge in [-0.3, -0.25) is 0 Å². The first kappa shape index (κ1) is 10.7. The molecule has 16 heavy (non-hydrogen) atoms. The Bertz CT molecular complexity index is 483. The topological polar surface area (TPSA) is 46.3 Å². The van der Waals surface area contributed by atoms with Crippen molar-refractivity contribution < 1.29 is 9.52 Å². The van der Waals surface area contributed by atoms with Crippen LogP contribution in [0.1, 0.15) is 31.4 Å². The minimum absolute atomic E-state index is 0.259. The number of phenols is 1. The van der Waals surface area contributed by atoms with Gasteiger partial charge >= 0.3 is 0 Å². The highest BCUT2D eigenvalue weighted by atomic mass is 16.4. The average Bonchev–Trinajstić information content (AvgIpc) is 2.61. The lowest BCUT2D eigenvalue weighted by Crippen LogP contribution is -1.88. The van der Waals surface area contributed by atoms with Crippen LogP contribution in [-0.4, -0.2) is 10.1 Å². The summed E-state index contributed by atoms with van der Waals surface area (Å²) in [6.45, 7) is 5.99. The zero-order chi connectivity index (χ0) is 11.7. The van der Waals surface area contributed by atoms with Crippen molar-refractivity contribution >= 4 is 0 Å². The van der Waals surface area contributed by atoms with Gasteiger partial charge in [-0.1, -0.05) is 13.8 Å². The molecule has 0 unspecified atom stereocenters. The third-order valence-electron chi connectivity index (χ3n) is 2.43. The molecule has 0 radical (unpaired) electrons. The Labute approximate surface area is 94.8 Å². The summed E-state index contributed by atoms with van der Waals surface area (Å²) in [4.78, 5) is 4.38. The van der Waals surface area contributed by atoms with Crippen LogP contribution in [0, 0.1) is 6.92 Å². The first-order valence-electron chi connectivity index (χ1n) is 5.34. The van der Waals surface area contributed by atoms with Gasteiger partial charge < -0.3 is 9.52 Å². The zero-order valence-electron chi connectivity index (χ0n) is 9.69. The molecule has 2 aromatic rings. The van der Waals surface area contributed by atoms with Crippen LogP contribution in [0.3, 0.4) is 0 Å². The van der Waals surface area contributed by atoms with Crippen LogP contribution in [0.4, 0.5) is 0 Å². The first-order valence-corrected chi connectivity index (χ1v) is 5.34. The number of aromatic nitrogens is 1. The van der Waals surface area contributed by atoms with Crippen LogP contribution in [0.15, 0.2) is 28.7 Å². The molecule has 1 N–H and O–H groups in total. The molecule has 0 amide bonds. The molecule has 1 aromatic carbocycles. The van der Waals surface area contributed by atoms with Gasteiger partial charge in [0, 0.05) is 18.4 Å². The molecule has 0 saturated carbocycles. The SMILES string of the molecule is Cc1nc(-c2ccc(O)cc2)c(C(C)C)o1. The highest BCUT2D eigenvalue weighted by Crippen LogP contribution is 2.30. The smallest absolute Gasteiger partial charge is 0.191 e. The molecule has 84 valence electrons. The van der Waals surface area contributed by atoms with Crippen molar-refractivity contribution in [3.05, 3.63) is 35.9 Å². The molecule has 0 atom stereocenters. The largest absolute Gasteiger partial charge is 0.508 e. The van der Waals surface area contributed by atoms with Crippen molar-refractivity contribution in [2.75, 3.05) is 0 Å². The van der Waals surface area contributed by atoms with Crippen LogP contribution in [0.5, 0.6) is 5.75 Å². The van der Waals surface area contributed by atoms with Crippen molar-refractivity contribution in [1.82, 2.24) is 4.98 Å². The number of phenolic OH excluding ortho intramolecular Hbond substituents is 1. The van der Waals surface area contributed by atoms with Gasteiger partial charge in [0.1, 0.15) is 17.2 Å². The number of aryl methyl sites for hydroxylation is 1. The highest BCUT2D eigenvalue weighted by Gasteiger charge is 2.15. The minimum atomic E-state index is 0.259. The van der Waals surface area contributed by atoms with Gasteiger partial charge in [-0.05, 0) is 24.3 Å². The Balaban J connectivity index is 2.50. The second kappa shape index (κ2) is 4.00. The quantitative estimate of drug-likeness (QED) is 0.837. The molecule has 3 heteroatoms. The molecule has 0 aliphatic rings. The Kier molecular flexibility index (Phi) is 2.69. The van der Waals surface area contributed by atoms with Gasteiger partial charge in [-0.2, -0.15) is 0 Å². The lowest BCUT2D eigenvalue weighted by atomic mass is 10.0. The molecule has 0 fully saturated rings. The van der Waals surface area contributed by atoms with Gasteiger partial charge in [0.2, 0.25) is 0 Å². The molecule has 0 spiro atoms. The maximum Gasteiger partial charge on any atom is 0.191 e. The summed E-state index contributed by atoms with van der Waals surface area (Å²) in [7, 11) is 0. The van der Waals surface area contributed by atoms with Crippen LogP contribution in [0.2, 0.25) is 0 Å². The molecule has 1 aromatic heterocycles. The molecule has 0 saturated heterocycles. The maximum absolute atomic E-state index is 9.24. The zero-order valence-corrected chi connectivity index (χ0v) is 9.69. The van der Waals surface area contributed by atoms with E-state index in [2.05, 4.69) is 18.8 Å². The fourth-order valence-corrected chi connectivity index (χ4v) is 1.66. The van der Waals surface area contributed by atoms with E-state index in [1.807, 2.05) is 19.1 Å². The number of rotatable bonds is 2. The Morgan fingerprint density at radius 2 is 1.81 bits per heavy atom. The summed E-state index contributed by atoms with van der Waals surface area (Å²) in [6, 6.07) is 7.00. The Morgan fingerprint density at radius 3 is 2.38 bits per heavy atom. The fourth-order valence-electron chi connectivity index (χ4n) is 1.66. The van der Waals surface area contributed by atoms with E-state index in [4.69, 9.17) is 4.42 Å². The molecule has 3 nitrogen and oxygen atoms in total. The predicted octanol–water partition coefficient (Wildman–Crippen LogP) is 3.48. The van der Waals surface area contributed by atoms with Gasteiger partial charge in [-0.25, -0.2) is 4.98 Å². The van der Waals surface area contributed by atoms with Crippen molar-refractivity contribution in [2.45, 2.75) is 26.7 Å². The van der Waals surface area contributed by atoms with Gasteiger partial charge in [-0.15, -0.1) is 0 Å². The summed E-state index contributed by atoms with van der Waals surface area (Å²) in [5.41, 5.74) is 1.84. The van der Waals surface area contributed by atoms with Gasteiger partial charge in [0.05, 0.1) is 0 Å². The molecule has 2 rings (SSSR count). The van der Waals surface area contributed by atoms with E-state index in [9.17, 15) is 5.11 Å². The molecule has 0 bridgehead atoms. The normalized spacial score (nSPS) is 11.0. The van der Waals surface area contributed by atoms with E-state index >= 15 is 0 Å². The number of aromatic hydroxyl groups is 1. The van der Waals surface area contributed by atoms with Crippen molar-refractivity contribution in [3.63, 3.8) is 0 Å². The number of hydrogen-bond donors (Lipinski definition) is 1. The Morgan fingerprint density at radius 1 is 1.19 bits per heavy atom. The summed E-state index contributed by atoms with van der Waals surface area (Å²) < 4.78 is 5.59. The third-order valence-corrected chi connectivity index (χ3v) is 2.43. The van der Waals surface area contributed by atoms with Gasteiger partial charge in [0.15, 0.2) is 5.89 Å². The van der Waals surface area contributed by atoms with Crippen molar-refractivity contribution in [1.29, 1.82) is 0 Å². The van der Waals surface area contributed by atoms with E-state index in [0.717, 1.165) is 17.0 Å². The predicted molar refractivity (Wildman–Crippen MR) is 62.4 cm³/mol. The van der Waals surface area contributed by atoms with E-state index in [1.54, 1.807) is 12.1 Å². The minimum Gasteiger partial charge on any atom is -0.508 e. The van der Waals surface area contributed by atoms with Crippen LogP contribution in [0.25, 0.3) is 11.3 Å². The van der Waals surface area contributed by atoms with Gasteiger partial charge in [0.25, 0.3) is 0 Å². The summed E-state index contributed by atoms with van der Waals surface area (Å²) in [5, 5.41) is 9.24. The van der Waals surface area contributed by atoms with Crippen LogP contribution < -0.4 is 0 Å². The average molecular weight is 217 g/mol. The molecule has 0 aliphatic heterocycles. The Hall–Kier alpha value is -1.77. The highest BCUT2D eigenvalue weighted by molar-refractivity contribution is 5.62. The van der Waals surface area contributed by atoms with E-state index in [0.29, 0.717) is 11.8 Å². The molecular formula is C13H15NO2. The molecule has 1 heterocycles. The van der Waals surface area contributed by atoms with E-state index in [-0.39, 0.29) is 5.75 Å². The van der Waals surface area contributed by atoms with Crippen LogP contribution >= 0.6 is 0 Å². The van der Waals surface area contributed by atoms with E-state index in [1.165, 1.54) is 0 Å². The maximum atomic E-state index is 9.24. The fraction of sp³-hybridized carbons (Fsp3) is 0.308. The lowest BCUT2D eigenvalue weighted by molar-refractivity contribution is 0.457. The van der Waals surface area contributed by atoms with E-state index < -0.39 is 0 Å². The summed E-state index contributed by atoms with van der Waals surface area (Å²) in [6.07, 6.45) is 0. The standard InChI is InChI=1S/C13H15NO2/c1-8(2)13-12(14-9(3)16-13)10-4-6-11(15)7-5-10/h4-8,15H,1-3H3.